The monoisotopic (exact) mass is 539 g/mol. The first-order valence-corrected chi connectivity index (χ1v) is 13.4. The quantitative estimate of drug-likeness (QED) is 0.265. The zero-order chi connectivity index (χ0) is 25.9. The molecule has 5 rings (SSSR count). The lowest BCUT2D eigenvalue weighted by molar-refractivity contribution is -0.0241. The van der Waals surface area contributed by atoms with Crippen molar-refractivity contribution in [3.8, 4) is 11.3 Å². The molecule has 3 heterocycles. The molecule has 9 heteroatoms. The molecule has 6 nitrogen and oxygen atoms in total. The molecule has 0 saturated carbocycles. The van der Waals surface area contributed by atoms with Gasteiger partial charge in [0.15, 0.2) is 0 Å². The lowest BCUT2D eigenvalue weighted by atomic mass is 10.0. The fourth-order valence-corrected chi connectivity index (χ4v) is 5.75. The van der Waals surface area contributed by atoms with Crippen LogP contribution in [0, 0.1) is 12.7 Å². The molecule has 192 valence electrons. The zero-order valence-corrected chi connectivity index (χ0v) is 22.2. The highest BCUT2D eigenvalue weighted by Gasteiger charge is 2.28. The Bertz CT molecular complexity index is 1430. The number of methoxy groups -OCH3 is 1. The van der Waals surface area contributed by atoms with E-state index in [1.807, 2.05) is 60.0 Å². The van der Waals surface area contributed by atoms with Crippen molar-refractivity contribution < 1.29 is 18.7 Å². The number of aryl methyl sites for hydroxylation is 1. The van der Waals surface area contributed by atoms with Crippen LogP contribution < -0.4 is 0 Å². The summed E-state index contributed by atoms with van der Waals surface area (Å²) >= 11 is 8.15. The van der Waals surface area contributed by atoms with Gasteiger partial charge in [0.2, 0.25) is 0 Å². The average molecular weight is 540 g/mol. The predicted molar refractivity (Wildman–Crippen MR) is 144 cm³/mol. The topological polar surface area (TPSA) is 56.1 Å². The van der Waals surface area contributed by atoms with Crippen molar-refractivity contribution in [2.24, 2.45) is 0 Å². The highest BCUT2D eigenvalue weighted by atomic mass is 35.5. The van der Waals surface area contributed by atoms with E-state index in [1.165, 1.54) is 24.9 Å². The number of thioether (sulfide) groups is 1. The van der Waals surface area contributed by atoms with Crippen LogP contribution in [-0.2, 0) is 21.6 Å². The summed E-state index contributed by atoms with van der Waals surface area (Å²) in [6.07, 6.45) is 1.77. The van der Waals surface area contributed by atoms with Crippen LogP contribution in [0.3, 0.4) is 0 Å². The molecule has 1 fully saturated rings. The molecular weight excluding hydrogens is 513 g/mol. The van der Waals surface area contributed by atoms with Crippen LogP contribution in [0.2, 0.25) is 5.02 Å². The summed E-state index contributed by atoms with van der Waals surface area (Å²) in [6.45, 7) is 3.27. The summed E-state index contributed by atoms with van der Waals surface area (Å²) < 4.78 is 28.2. The second-order valence-electron chi connectivity index (χ2n) is 8.99. The van der Waals surface area contributed by atoms with Gasteiger partial charge in [0, 0.05) is 35.4 Å². The fraction of sp³-hybridized carbons (Fsp3) is 0.286. The largest absolute Gasteiger partial charge is 0.453 e. The normalized spacial score (nSPS) is 15.8. The van der Waals surface area contributed by atoms with Crippen LogP contribution >= 0.6 is 23.4 Å². The third kappa shape index (κ3) is 5.61. The van der Waals surface area contributed by atoms with Crippen LogP contribution in [0.1, 0.15) is 16.8 Å². The summed E-state index contributed by atoms with van der Waals surface area (Å²) in [5.74, 6) is 0.299. The molecule has 0 spiro atoms. The number of hydrogen-bond donors (Lipinski definition) is 0. The van der Waals surface area contributed by atoms with Crippen molar-refractivity contribution in [3.05, 3.63) is 88.5 Å². The maximum Gasteiger partial charge on any atom is 0.409 e. The van der Waals surface area contributed by atoms with Gasteiger partial charge in [-0.2, -0.15) is 0 Å². The summed E-state index contributed by atoms with van der Waals surface area (Å²) in [4.78, 5) is 19.1. The Labute approximate surface area is 224 Å². The highest BCUT2D eigenvalue weighted by Crippen LogP contribution is 2.37. The standard InChI is InChI=1S/C28H27ClFN3O3S/c1-18-8-9-33-24(13-20-16-32(10-11-36-20)28(34)35-2)27(31-26(33)12-18)21-14-23(30)25(15-22(21)29)37-17-19-6-4-3-5-7-19/h3-9,12,14-15,20H,10-11,13,16-17H2,1-2H3/t20-/m0/s1. The number of amides is 1. The number of imidazole rings is 1. The lowest BCUT2D eigenvalue weighted by Crippen LogP contribution is -2.46. The SMILES string of the molecule is COC(=O)N1CCO[C@@H](Cc2c(-c3cc(F)c(SCc4ccccc4)cc3Cl)nc3cc(C)ccn23)C1. The number of carbonyl (C=O) groups is 1. The summed E-state index contributed by atoms with van der Waals surface area (Å²) in [7, 11) is 1.37. The molecular formula is C28H27ClFN3O3S. The fourth-order valence-electron chi connectivity index (χ4n) is 4.52. The first kappa shape index (κ1) is 25.6. The third-order valence-electron chi connectivity index (χ3n) is 6.39. The molecule has 1 atom stereocenters. The molecule has 1 amide bonds. The third-order valence-corrected chi connectivity index (χ3v) is 7.80. The van der Waals surface area contributed by atoms with Crippen molar-refractivity contribution >= 4 is 35.1 Å². The van der Waals surface area contributed by atoms with Crippen molar-refractivity contribution in [1.82, 2.24) is 14.3 Å². The Morgan fingerprint density at radius 1 is 1.24 bits per heavy atom. The van der Waals surface area contributed by atoms with Crippen molar-refractivity contribution in [1.29, 1.82) is 0 Å². The van der Waals surface area contributed by atoms with Gasteiger partial charge in [-0.1, -0.05) is 41.9 Å². The Kier molecular flexibility index (Phi) is 7.69. The first-order valence-electron chi connectivity index (χ1n) is 12.0. The Morgan fingerprint density at radius 2 is 2.05 bits per heavy atom. The van der Waals surface area contributed by atoms with E-state index < -0.39 is 0 Å². The van der Waals surface area contributed by atoms with E-state index in [4.69, 9.17) is 26.1 Å². The van der Waals surface area contributed by atoms with Gasteiger partial charge in [0.25, 0.3) is 0 Å². The minimum Gasteiger partial charge on any atom is -0.453 e. The lowest BCUT2D eigenvalue weighted by Gasteiger charge is -2.32. The molecule has 4 aromatic rings. The molecule has 1 saturated heterocycles. The van der Waals surface area contributed by atoms with Gasteiger partial charge in [-0.05, 0) is 42.3 Å². The number of hydrogen-bond acceptors (Lipinski definition) is 5. The number of aromatic nitrogens is 2. The number of ether oxygens (including phenoxy) is 2. The highest BCUT2D eigenvalue weighted by molar-refractivity contribution is 7.98. The van der Waals surface area contributed by atoms with E-state index in [-0.39, 0.29) is 18.0 Å². The van der Waals surface area contributed by atoms with E-state index in [0.717, 1.165) is 22.5 Å². The van der Waals surface area contributed by atoms with E-state index >= 15 is 4.39 Å². The molecule has 1 aliphatic rings. The van der Waals surface area contributed by atoms with Crippen LogP contribution in [-0.4, -0.2) is 53.3 Å². The van der Waals surface area contributed by atoms with Gasteiger partial charge < -0.3 is 18.8 Å². The smallest absolute Gasteiger partial charge is 0.409 e. The van der Waals surface area contributed by atoms with Crippen molar-refractivity contribution in [2.45, 2.75) is 30.1 Å². The van der Waals surface area contributed by atoms with Gasteiger partial charge in [-0.15, -0.1) is 11.8 Å². The van der Waals surface area contributed by atoms with Gasteiger partial charge in [0.1, 0.15) is 11.5 Å². The number of nitrogens with zero attached hydrogens (tertiary/aromatic N) is 3. The minimum absolute atomic E-state index is 0.267. The number of pyridine rings is 1. The molecule has 2 aromatic heterocycles. The number of morpholine rings is 1. The van der Waals surface area contributed by atoms with Crippen molar-refractivity contribution in [2.75, 3.05) is 26.8 Å². The molecule has 0 N–H and O–H groups in total. The number of fused-ring (bicyclic) bond motifs is 1. The number of benzene rings is 2. The number of halogens is 2. The predicted octanol–water partition coefficient (Wildman–Crippen LogP) is 6.40. The van der Waals surface area contributed by atoms with Crippen LogP contribution in [0.15, 0.2) is 65.7 Å². The maximum absolute atomic E-state index is 15.3. The Balaban J connectivity index is 1.48. The first-order chi connectivity index (χ1) is 17.9. The molecule has 2 aromatic carbocycles. The van der Waals surface area contributed by atoms with E-state index in [1.54, 1.807) is 11.0 Å². The summed E-state index contributed by atoms with van der Waals surface area (Å²) in [5, 5.41) is 0.430. The Morgan fingerprint density at radius 3 is 2.84 bits per heavy atom. The zero-order valence-electron chi connectivity index (χ0n) is 20.6. The van der Waals surface area contributed by atoms with Crippen LogP contribution in [0.25, 0.3) is 16.9 Å². The summed E-state index contributed by atoms with van der Waals surface area (Å²) in [6, 6.07) is 17.0. The second-order valence-corrected chi connectivity index (χ2v) is 10.4. The average Bonchev–Trinajstić information content (AvgIpc) is 3.25. The van der Waals surface area contributed by atoms with Gasteiger partial charge in [-0.25, -0.2) is 14.2 Å². The van der Waals surface area contributed by atoms with Crippen LogP contribution in [0.4, 0.5) is 9.18 Å². The maximum atomic E-state index is 15.3. The van der Waals surface area contributed by atoms with Gasteiger partial charge in [0.05, 0.1) is 42.8 Å². The van der Waals surface area contributed by atoms with E-state index in [9.17, 15) is 4.79 Å². The number of carbonyl (C=O) groups excluding carboxylic acids is 1. The molecule has 0 aliphatic carbocycles. The number of rotatable bonds is 6. The van der Waals surface area contributed by atoms with E-state index in [2.05, 4.69) is 0 Å². The van der Waals surface area contributed by atoms with E-state index in [0.29, 0.717) is 53.0 Å². The van der Waals surface area contributed by atoms with Gasteiger partial charge in [-0.3, -0.25) is 0 Å². The summed E-state index contributed by atoms with van der Waals surface area (Å²) in [5.41, 5.74) is 4.89. The molecule has 37 heavy (non-hydrogen) atoms. The molecule has 0 unspecified atom stereocenters. The van der Waals surface area contributed by atoms with Gasteiger partial charge >= 0.3 is 6.09 Å². The molecule has 0 bridgehead atoms. The minimum atomic E-state index is -0.379. The second kappa shape index (κ2) is 11.1. The van der Waals surface area contributed by atoms with Crippen LogP contribution in [0.5, 0.6) is 0 Å². The molecule has 0 radical (unpaired) electrons. The molecule has 1 aliphatic heterocycles. The Hall–Kier alpha value is -3.07. The van der Waals surface area contributed by atoms with Crippen molar-refractivity contribution in [3.63, 3.8) is 0 Å².